The highest BCUT2D eigenvalue weighted by molar-refractivity contribution is 6.06. The molecule has 0 unspecified atom stereocenters. The number of ether oxygens (including phenoxy) is 2. The number of nitrogens with one attached hydrogen (secondary N) is 8. The first-order valence-corrected chi connectivity index (χ1v) is 36.8. The number of H-pyrrole nitrogens is 2. The summed E-state index contributed by atoms with van der Waals surface area (Å²) in [6.45, 7) is 8.17. The summed E-state index contributed by atoms with van der Waals surface area (Å²) >= 11 is 0. The molecule has 4 aromatic carbocycles. The van der Waals surface area contributed by atoms with Crippen molar-refractivity contribution in [2.45, 2.75) is 187 Å². The second kappa shape index (κ2) is 43.4. The van der Waals surface area contributed by atoms with Crippen molar-refractivity contribution in [2.24, 2.45) is 34.1 Å². The van der Waals surface area contributed by atoms with Crippen molar-refractivity contribution >= 4 is 70.5 Å². The average molecular weight is 1540 g/mol. The highest BCUT2D eigenvalue weighted by Gasteiger charge is 2.44. The van der Waals surface area contributed by atoms with Crippen molar-refractivity contribution in [3.8, 4) is 22.6 Å². The van der Waals surface area contributed by atoms with Crippen molar-refractivity contribution < 1.29 is 91.8 Å². The molecule has 0 spiro atoms. The normalized spacial score (nSPS) is 14.4. The highest BCUT2D eigenvalue weighted by Crippen LogP contribution is 2.32. The average Bonchev–Trinajstić information content (AvgIpc) is 0.888. The predicted octanol–water partition coefficient (Wildman–Crippen LogP) is 2.46. The lowest BCUT2D eigenvalue weighted by molar-refractivity contribution is -0.143. The fraction of sp³-hybridized carbons (Fsp3) is 0.487. The van der Waals surface area contributed by atoms with Crippen molar-refractivity contribution in [3.05, 3.63) is 143 Å². The number of halogens is 1. The third kappa shape index (κ3) is 27.5. The second-order valence-corrected chi connectivity index (χ2v) is 28.4. The van der Waals surface area contributed by atoms with Crippen LogP contribution in [0.25, 0.3) is 11.1 Å². The first-order valence-electron chi connectivity index (χ1n) is 36.8. The predicted molar refractivity (Wildman–Crippen MR) is 401 cm³/mol. The maximum Gasteiger partial charge on any atom is 0.305 e. The zero-order valence-electron chi connectivity index (χ0n) is 63.5. The van der Waals surface area contributed by atoms with Gasteiger partial charge in [-0.2, -0.15) is 5.21 Å². The Labute approximate surface area is 642 Å². The number of carboxylic acids is 1. The van der Waals surface area contributed by atoms with Crippen LogP contribution in [0.15, 0.2) is 104 Å². The number of aryl methyl sites for hydroxylation is 2. The van der Waals surface area contributed by atoms with Crippen LogP contribution < -0.4 is 52.8 Å². The molecule has 6 rings (SSSR count). The number of benzene rings is 4. The summed E-state index contributed by atoms with van der Waals surface area (Å²) in [4.78, 5) is 174. The van der Waals surface area contributed by atoms with E-state index >= 15 is 4.39 Å². The molecule has 10 atom stereocenters. The topological polar surface area (TPSA) is 512 Å². The standard InChI is InChI=1S/C78H103FN14O18/c1-8-49-35-56(110-7)26-27-57(49)50-22-18-48(19-23-50)34-52(72(105)85-59(71(81)104)17-13-14-47-20-24-55(25-21-47)111-33-12-11-31-80)36-63(98)61(39-68(102)103)86-73(106)53(43-94)37-64(99)69(45(2)95)89-76(109)78(6,40-51-15-9-10-16-58(51)79)41-65(100)70(46(3)96)88-67(101)29-28-62(97)60(38-66-90-92-93-91-66)87-75(108)77(4,5)74(107)83-32-30-54-42-82-44-84-54/h9-10,15-16,18-27,35,42,44-46,52-53,59-61,69-70,94-96H,8,11-14,17,28-34,36-41,43,80H2,1-7H3,(H2,81,104)(H,82,84)(H,83,107)(H,85,105)(H,86,106)(H,87,108)(H,88,101)(H,89,109)(H,102,103)(H,90,91,92,93)/t45-,46-,52-,53+,59+,60+,61+,69+,70+,78-/m1/s1. The molecule has 0 fully saturated rings. The van der Waals surface area contributed by atoms with Gasteiger partial charge in [0.2, 0.25) is 41.4 Å². The van der Waals surface area contributed by atoms with E-state index in [2.05, 4.69) is 62.5 Å². The van der Waals surface area contributed by atoms with Crippen LogP contribution >= 0.6 is 0 Å². The van der Waals surface area contributed by atoms with Crippen LogP contribution in [0.3, 0.4) is 0 Å². The van der Waals surface area contributed by atoms with Gasteiger partial charge in [-0.05, 0) is 149 Å². The fourth-order valence-electron chi connectivity index (χ4n) is 12.4. The monoisotopic (exact) mass is 1540 g/mol. The van der Waals surface area contributed by atoms with Crippen LogP contribution in [0.1, 0.15) is 140 Å². The number of Topliss-reactive ketones (excluding diaryl/α,β-unsaturated/α-hetero) is 4. The Hall–Kier alpha value is -11.0. The summed E-state index contributed by atoms with van der Waals surface area (Å²) in [6, 6.07) is 17.0. The lowest BCUT2D eigenvalue weighted by atomic mass is 9.76. The molecule has 6 aromatic rings. The minimum Gasteiger partial charge on any atom is -0.497 e. The van der Waals surface area contributed by atoms with Gasteiger partial charge in [0.1, 0.15) is 40.9 Å². The Bertz CT molecular complexity index is 4120. The molecule has 0 saturated heterocycles. The number of rotatable bonds is 50. The molecule has 32 nitrogen and oxygen atoms in total. The molecule has 0 aliphatic heterocycles. The molecule has 2 aromatic heterocycles. The van der Waals surface area contributed by atoms with Crippen LogP contribution in [0, 0.1) is 28.5 Å². The smallest absolute Gasteiger partial charge is 0.305 e. The van der Waals surface area contributed by atoms with E-state index < -0.39 is 193 Å². The van der Waals surface area contributed by atoms with Crippen molar-refractivity contribution in [2.75, 3.05) is 33.4 Å². The maximum absolute atomic E-state index is 15.6. The van der Waals surface area contributed by atoms with Crippen LogP contribution in [0.5, 0.6) is 11.5 Å². The molecular weight excluding hydrogens is 1440 g/mol. The molecule has 600 valence electrons. The molecule has 0 bridgehead atoms. The Morgan fingerprint density at radius 3 is 1.94 bits per heavy atom. The van der Waals surface area contributed by atoms with E-state index in [9.17, 15) is 78.0 Å². The highest BCUT2D eigenvalue weighted by atomic mass is 19.1. The number of nitrogens with two attached hydrogens (primary N) is 2. The van der Waals surface area contributed by atoms with Gasteiger partial charge in [0.15, 0.2) is 29.0 Å². The number of unbranched alkanes of at least 4 members (excludes halogenated alkanes) is 1. The third-order valence-corrected chi connectivity index (χ3v) is 19.1. The summed E-state index contributed by atoms with van der Waals surface area (Å²) in [5, 5.41) is 71.4. The van der Waals surface area contributed by atoms with Crippen LogP contribution in [0.2, 0.25) is 0 Å². The van der Waals surface area contributed by atoms with Crippen molar-refractivity contribution in [1.82, 2.24) is 62.5 Å². The van der Waals surface area contributed by atoms with E-state index in [-0.39, 0.29) is 37.2 Å². The van der Waals surface area contributed by atoms with Gasteiger partial charge in [-0.15, -0.1) is 10.2 Å². The number of methoxy groups -OCH3 is 1. The zero-order valence-corrected chi connectivity index (χ0v) is 63.5. The van der Waals surface area contributed by atoms with Gasteiger partial charge in [-0.1, -0.05) is 79.7 Å². The fourth-order valence-corrected chi connectivity index (χ4v) is 12.4. The number of carboxylic acid groups (broad SMARTS) is 1. The Morgan fingerprint density at radius 1 is 0.667 bits per heavy atom. The van der Waals surface area contributed by atoms with Crippen LogP contribution in [-0.4, -0.2) is 197 Å². The summed E-state index contributed by atoms with van der Waals surface area (Å²) in [5.41, 5.74) is 12.4. The van der Waals surface area contributed by atoms with Crippen LogP contribution in [0.4, 0.5) is 4.39 Å². The minimum absolute atomic E-state index is 0.0129. The van der Waals surface area contributed by atoms with Crippen molar-refractivity contribution in [3.63, 3.8) is 0 Å². The second-order valence-electron chi connectivity index (χ2n) is 28.4. The first kappa shape index (κ1) is 88.9. The van der Waals surface area contributed by atoms with E-state index in [0.717, 1.165) is 60.7 Å². The first-order chi connectivity index (χ1) is 52.8. The molecule has 0 radical (unpaired) electrons. The molecular formula is C78H103FN14O18. The number of aliphatic carboxylic acids is 1. The molecule has 7 amide bonds. The quantitative estimate of drug-likeness (QED) is 0.0193. The molecule has 0 aliphatic carbocycles. The molecule has 111 heavy (non-hydrogen) atoms. The number of carbonyl (C=O) groups excluding carboxylic acids is 11. The summed E-state index contributed by atoms with van der Waals surface area (Å²) in [6.07, 6.45) is -2.80. The Morgan fingerprint density at radius 2 is 1.32 bits per heavy atom. The number of aliphatic hydroxyl groups is 3. The number of nitrogens with zero attached hydrogens (tertiary/aromatic N) is 4. The molecule has 0 saturated carbocycles. The molecule has 0 aliphatic rings. The number of hydrogen-bond donors (Lipinski definition) is 14. The van der Waals surface area contributed by atoms with E-state index in [1.54, 1.807) is 25.4 Å². The van der Waals surface area contributed by atoms with Crippen LogP contribution in [-0.2, 0) is 96.1 Å². The lowest BCUT2D eigenvalue weighted by Gasteiger charge is -2.33. The maximum atomic E-state index is 15.6. The van der Waals surface area contributed by atoms with Gasteiger partial charge >= 0.3 is 5.97 Å². The van der Waals surface area contributed by atoms with Gasteiger partial charge in [0, 0.05) is 69.3 Å². The number of amides is 7. The Kier molecular flexibility index (Phi) is 34.7. The van der Waals surface area contributed by atoms with Gasteiger partial charge in [-0.3, -0.25) is 57.5 Å². The lowest BCUT2D eigenvalue weighted by Crippen LogP contribution is -2.55. The molecule has 2 heterocycles. The zero-order chi connectivity index (χ0) is 81.5. The SMILES string of the molecule is CCc1cc(OC)ccc1-c1ccc(C[C@H](CC(=O)[C@H](CC(=O)O)NC(=O)[C@H](CO)CC(=O)[C@@H](NC(=O)[C@@](C)(CC(=O)[C@@H](NC(=O)CCC(=O)[C@H](Cc2nn[nH]n2)NC(=O)C(C)(C)C(=O)NCCc2cnc[nH]2)[C@@H](C)O)Cc2ccccc2F)[C@@H](C)O)C(=O)N[C@@H](CCCc2ccc(OCCCCN)cc2)C(N)=O)cc1. The Balaban J connectivity index is 1.16. The van der Waals surface area contributed by atoms with Gasteiger partial charge in [0.05, 0.1) is 68.7 Å². The number of imidazole rings is 1. The third-order valence-electron chi connectivity index (χ3n) is 19.1. The van der Waals surface area contributed by atoms with Gasteiger partial charge in [0.25, 0.3) is 0 Å². The molecule has 16 N–H and O–H groups in total. The number of aromatic amines is 2. The number of primary amides is 1. The molecule has 33 heteroatoms. The number of ketones is 4. The largest absolute Gasteiger partial charge is 0.497 e. The van der Waals surface area contributed by atoms with Gasteiger partial charge < -0.3 is 78.3 Å². The number of tetrazole rings is 1. The number of carbonyl (C=O) groups is 12. The van der Waals surface area contributed by atoms with E-state index in [0.29, 0.717) is 55.9 Å². The number of hydrogen-bond acceptors (Lipinski definition) is 22. The van der Waals surface area contributed by atoms with E-state index in [1.807, 2.05) is 61.5 Å². The summed E-state index contributed by atoms with van der Waals surface area (Å²) in [5.74, 6) is -14.6. The van der Waals surface area contributed by atoms with Gasteiger partial charge in [-0.25, -0.2) is 9.37 Å². The number of aromatic nitrogens is 6. The summed E-state index contributed by atoms with van der Waals surface area (Å²) in [7, 11) is 1.56. The summed E-state index contributed by atoms with van der Waals surface area (Å²) < 4.78 is 26.8. The van der Waals surface area contributed by atoms with E-state index in [4.69, 9.17) is 20.9 Å². The minimum atomic E-state index is -2.10. The van der Waals surface area contributed by atoms with Crippen molar-refractivity contribution in [1.29, 1.82) is 0 Å². The van der Waals surface area contributed by atoms with E-state index in [1.165, 1.54) is 45.3 Å². The number of aliphatic hydroxyl groups excluding tert-OH is 3.